The minimum absolute atomic E-state index is 0. The van der Waals surface area contributed by atoms with E-state index >= 15 is 0 Å². The van der Waals surface area contributed by atoms with Crippen molar-refractivity contribution in [2.45, 2.75) is 4.90 Å². The van der Waals surface area contributed by atoms with Gasteiger partial charge in [0.15, 0.2) is 5.13 Å². The first kappa shape index (κ1) is 25.5. The van der Waals surface area contributed by atoms with Gasteiger partial charge in [0.1, 0.15) is 0 Å². The molecule has 178 valence electrons. The van der Waals surface area contributed by atoms with E-state index in [2.05, 4.69) is 9.88 Å². The number of anilines is 1. The van der Waals surface area contributed by atoms with Crippen LogP contribution >= 0.6 is 23.7 Å². The van der Waals surface area contributed by atoms with E-state index in [1.165, 1.54) is 37.6 Å². The fourth-order valence-electron chi connectivity index (χ4n) is 3.46. The molecular formula is C22H27ClN4O4S2. The average molecular weight is 511 g/mol. The lowest BCUT2D eigenvalue weighted by Gasteiger charge is -2.29. The molecule has 2 heterocycles. The number of morpholine rings is 1. The fourth-order valence-corrected chi connectivity index (χ4v) is 5.35. The Morgan fingerprint density at radius 3 is 2.39 bits per heavy atom. The quantitative estimate of drug-likeness (QED) is 0.486. The van der Waals surface area contributed by atoms with Gasteiger partial charge in [-0.2, -0.15) is 0 Å². The molecule has 0 saturated carbocycles. The summed E-state index contributed by atoms with van der Waals surface area (Å²) in [6.45, 7) is 4.24. The van der Waals surface area contributed by atoms with Gasteiger partial charge >= 0.3 is 0 Å². The van der Waals surface area contributed by atoms with Gasteiger partial charge in [0, 0.05) is 45.8 Å². The van der Waals surface area contributed by atoms with Crippen LogP contribution in [0.3, 0.4) is 0 Å². The maximum Gasteiger partial charge on any atom is 0.260 e. The van der Waals surface area contributed by atoms with Crippen molar-refractivity contribution < 1.29 is 17.9 Å². The summed E-state index contributed by atoms with van der Waals surface area (Å²) in [5.41, 5.74) is 1.27. The maximum absolute atomic E-state index is 13.5. The van der Waals surface area contributed by atoms with Crippen LogP contribution in [0.15, 0.2) is 53.4 Å². The molecule has 0 N–H and O–H groups in total. The second kappa shape index (κ2) is 10.9. The van der Waals surface area contributed by atoms with Gasteiger partial charge in [-0.3, -0.25) is 14.6 Å². The number of nitrogens with zero attached hydrogens (tertiary/aromatic N) is 4. The average Bonchev–Trinajstić information content (AvgIpc) is 3.23. The lowest BCUT2D eigenvalue weighted by molar-refractivity contribution is 0.0391. The van der Waals surface area contributed by atoms with Gasteiger partial charge in [-0.1, -0.05) is 23.5 Å². The summed E-state index contributed by atoms with van der Waals surface area (Å²) in [4.78, 5) is 22.3. The number of hydrogen-bond acceptors (Lipinski definition) is 7. The van der Waals surface area contributed by atoms with Crippen LogP contribution in [0, 0.1) is 0 Å². The number of rotatable bonds is 7. The van der Waals surface area contributed by atoms with E-state index in [-0.39, 0.29) is 23.2 Å². The van der Waals surface area contributed by atoms with Crippen LogP contribution in [0.4, 0.5) is 5.13 Å². The van der Waals surface area contributed by atoms with Crippen LogP contribution < -0.4 is 4.90 Å². The molecule has 0 bridgehead atoms. The Balaban J connectivity index is 0.00000306. The number of aromatic nitrogens is 1. The molecule has 0 atom stereocenters. The monoisotopic (exact) mass is 510 g/mol. The molecule has 0 unspecified atom stereocenters. The molecule has 1 saturated heterocycles. The van der Waals surface area contributed by atoms with E-state index in [0.29, 0.717) is 37.0 Å². The largest absolute Gasteiger partial charge is 0.379 e. The number of hydrogen-bond donors (Lipinski definition) is 0. The molecule has 0 radical (unpaired) electrons. The summed E-state index contributed by atoms with van der Waals surface area (Å²) in [7, 11) is -0.592. The van der Waals surface area contributed by atoms with E-state index < -0.39 is 10.0 Å². The van der Waals surface area contributed by atoms with Crippen LogP contribution in [-0.4, -0.2) is 82.0 Å². The first-order chi connectivity index (χ1) is 15.4. The molecule has 1 aliphatic rings. The van der Waals surface area contributed by atoms with Crippen molar-refractivity contribution in [3.05, 3.63) is 54.1 Å². The minimum atomic E-state index is -3.55. The number of para-hydroxylation sites is 1. The molecule has 1 fully saturated rings. The molecule has 0 aliphatic carbocycles. The third-order valence-electron chi connectivity index (χ3n) is 5.38. The van der Waals surface area contributed by atoms with E-state index in [4.69, 9.17) is 4.74 Å². The van der Waals surface area contributed by atoms with Crippen molar-refractivity contribution in [2.75, 3.05) is 58.4 Å². The molecule has 1 aliphatic heterocycles. The van der Waals surface area contributed by atoms with Crippen molar-refractivity contribution in [1.29, 1.82) is 0 Å². The Labute approximate surface area is 204 Å². The van der Waals surface area contributed by atoms with Gasteiger partial charge in [0.25, 0.3) is 5.91 Å². The van der Waals surface area contributed by atoms with Gasteiger partial charge in [-0.15, -0.1) is 12.4 Å². The smallest absolute Gasteiger partial charge is 0.260 e. The van der Waals surface area contributed by atoms with Gasteiger partial charge in [-0.25, -0.2) is 17.7 Å². The summed E-state index contributed by atoms with van der Waals surface area (Å²) in [5, 5.41) is 0.634. The lowest BCUT2D eigenvalue weighted by atomic mass is 10.2. The van der Waals surface area contributed by atoms with Crippen LogP contribution in [0.5, 0.6) is 0 Å². The second-order valence-corrected chi connectivity index (χ2v) is 10.8. The number of amides is 1. The maximum atomic E-state index is 13.5. The number of halogens is 1. The first-order valence-corrected chi connectivity index (χ1v) is 12.6. The Bertz CT molecular complexity index is 1160. The topological polar surface area (TPSA) is 83.1 Å². The fraction of sp³-hybridized carbons (Fsp3) is 0.364. The predicted molar refractivity (Wildman–Crippen MR) is 133 cm³/mol. The Morgan fingerprint density at radius 1 is 1.09 bits per heavy atom. The summed E-state index contributed by atoms with van der Waals surface area (Å²) in [5.74, 6) is -0.203. The lowest BCUT2D eigenvalue weighted by Crippen LogP contribution is -2.43. The van der Waals surface area contributed by atoms with Crippen LogP contribution in [-0.2, 0) is 14.8 Å². The molecule has 1 aromatic heterocycles. The minimum Gasteiger partial charge on any atom is -0.379 e. The number of fused-ring (bicyclic) bond motifs is 1. The third kappa shape index (κ3) is 5.71. The molecule has 2 aromatic carbocycles. The predicted octanol–water partition coefficient (Wildman–Crippen LogP) is 2.95. The van der Waals surface area contributed by atoms with Crippen molar-refractivity contribution in [2.24, 2.45) is 0 Å². The second-order valence-electron chi connectivity index (χ2n) is 7.69. The highest BCUT2D eigenvalue weighted by Crippen LogP contribution is 2.29. The molecular weight excluding hydrogens is 484 g/mol. The molecule has 11 heteroatoms. The molecule has 1 amide bonds. The number of benzene rings is 2. The zero-order chi connectivity index (χ0) is 22.7. The molecule has 8 nitrogen and oxygen atoms in total. The number of thiazole rings is 1. The number of carbonyl (C=O) groups excluding carboxylic acids is 1. The van der Waals surface area contributed by atoms with Gasteiger partial charge in [-0.05, 0) is 36.4 Å². The van der Waals surface area contributed by atoms with Gasteiger partial charge in [0.2, 0.25) is 10.0 Å². The Morgan fingerprint density at radius 2 is 1.76 bits per heavy atom. The molecule has 0 spiro atoms. The van der Waals surface area contributed by atoms with Crippen LogP contribution in [0.1, 0.15) is 10.4 Å². The summed E-state index contributed by atoms with van der Waals surface area (Å²) in [6.07, 6.45) is 0. The van der Waals surface area contributed by atoms with Crippen molar-refractivity contribution >= 4 is 55.0 Å². The standard InChI is InChI=1S/C22H26N4O4S2.ClH/c1-24(2)32(28,29)18-9-7-17(8-10-18)21(27)26(12-11-25-13-15-30-16-14-25)22-23-19-5-3-4-6-20(19)31-22;/h3-10H,11-16H2,1-2H3;1H. The number of sulfonamides is 1. The summed E-state index contributed by atoms with van der Waals surface area (Å²) < 4.78 is 32.3. The SMILES string of the molecule is CN(C)S(=O)(=O)c1ccc(C(=O)N(CCN2CCOCC2)c2nc3ccccc3s2)cc1.Cl. The Kier molecular flexibility index (Phi) is 8.43. The molecule has 33 heavy (non-hydrogen) atoms. The van der Waals surface area contributed by atoms with Crippen molar-refractivity contribution in [3.63, 3.8) is 0 Å². The van der Waals surface area contributed by atoms with Gasteiger partial charge in [0.05, 0.1) is 28.3 Å². The highest BCUT2D eigenvalue weighted by atomic mass is 35.5. The van der Waals surface area contributed by atoms with E-state index in [1.807, 2.05) is 24.3 Å². The van der Waals surface area contributed by atoms with Gasteiger partial charge < -0.3 is 4.74 Å². The van der Waals surface area contributed by atoms with E-state index in [1.54, 1.807) is 17.0 Å². The Hall–Kier alpha value is -2.08. The zero-order valence-electron chi connectivity index (χ0n) is 18.5. The highest BCUT2D eigenvalue weighted by molar-refractivity contribution is 7.89. The van der Waals surface area contributed by atoms with Crippen LogP contribution in [0.2, 0.25) is 0 Å². The highest BCUT2D eigenvalue weighted by Gasteiger charge is 2.24. The molecule has 3 aromatic rings. The summed E-state index contributed by atoms with van der Waals surface area (Å²) >= 11 is 1.47. The number of carbonyl (C=O) groups is 1. The first-order valence-electron chi connectivity index (χ1n) is 10.4. The zero-order valence-corrected chi connectivity index (χ0v) is 21.0. The van der Waals surface area contributed by atoms with E-state index in [0.717, 1.165) is 27.6 Å². The molecule has 4 rings (SSSR count). The number of ether oxygens (including phenoxy) is 1. The summed E-state index contributed by atoms with van der Waals surface area (Å²) in [6, 6.07) is 13.9. The normalized spacial score (nSPS) is 14.9. The third-order valence-corrected chi connectivity index (χ3v) is 8.27. The van der Waals surface area contributed by atoms with Crippen molar-refractivity contribution in [3.8, 4) is 0 Å². The van der Waals surface area contributed by atoms with Crippen molar-refractivity contribution in [1.82, 2.24) is 14.2 Å². The van der Waals surface area contributed by atoms with E-state index in [9.17, 15) is 13.2 Å². The van der Waals surface area contributed by atoms with Crippen LogP contribution in [0.25, 0.3) is 10.2 Å².